The molecule has 2 N–H and O–H groups in total. The fraction of sp³-hybridized carbons (Fsp3) is 0.435. The second-order valence-electron chi connectivity index (χ2n) is 8.37. The second-order valence-corrected chi connectivity index (χ2v) is 8.75. The first-order valence-electron chi connectivity index (χ1n) is 10.9. The molecule has 0 spiro atoms. The van der Waals surface area contributed by atoms with Crippen LogP contribution in [0.15, 0.2) is 30.6 Å². The molecule has 2 aromatic heterocycles. The van der Waals surface area contributed by atoms with Crippen LogP contribution in [-0.4, -0.2) is 40.8 Å². The molecule has 168 valence electrons. The first kappa shape index (κ1) is 21.2. The maximum atomic E-state index is 15.0. The van der Waals surface area contributed by atoms with Crippen molar-refractivity contribution >= 4 is 28.5 Å². The summed E-state index contributed by atoms with van der Waals surface area (Å²) in [6, 6.07) is 6.66. The lowest BCUT2D eigenvalue weighted by atomic mass is 10.1. The summed E-state index contributed by atoms with van der Waals surface area (Å²) in [4.78, 5) is 13.2. The van der Waals surface area contributed by atoms with Crippen LogP contribution >= 0.6 is 11.6 Å². The number of nitrogens with one attached hydrogen (secondary N) is 2. The summed E-state index contributed by atoms with van der Waals surface area (Å²) in [6.45, 7) is 4.15. The molecule has 1 aliphatic carbocycles. The summed E-state index contributed by atoms with van der Waals surface area (Å²) in [5, 5.41) is 6.52. The average molecular weight is 458 g/mol. The smallest absolute Gasteiger partial charge is 0.214 e. The maximum absolute atomic E-state index is 15.0. The molecule has 1 saturated carbocycles. The number of fused-ring (bicyclic) bond motifs is 1. The molecule has 1 aromatic carbocycles. The molecule has 3 aromatic rings. The normalized spacial score (nSPS) is 19.2. The standard InChI is InChI=1S/C23H25ClFN5O2/c1-13(16-4-6-18(20(24)21(16)25)31-11-14-2-3-14)29-23-22-17(27-12-28-23)5-7-19(30-22)32-15-8-9-26-10-15/h4-7,12-15,26H,2-3,8-11H2,1H3,(H,27,28,29)/t13?,15-/m0/s1. The van der Waals surface area contributed by atoms with Crippen molar-refractivity contribution in [1.29, 1.82) is 0 Å². The van der Waals surface area contributed by atoms with Crippen molar-refractivity contribution in [3.63, 3.8) is 0 Å². The minimum Gasteiger partial charge on any atom is -0.492 e. The van der Waals surface area contributed by atoms with E-state index in [1.54, 1.807) is 18.2 Å². The van der Waals surface area contributed by atoms with Crippen LogP contribution in [-0.2, 0) is 0 Å². The van der Waals surface area contributed by atoms with Crippen LogP contribution in [0.3, 0.4) is 0 Å². The maximum Gasteiger partial charge on any atom is 0.214 e. The third-order valence-electron chi connectivity index (χ3n) is 5.83. The van der Waals surface area contributed by atoms with Gasteiger partial charge < -0.3 is 20.1 Å². The molecule has 0 bridgehead atoms. The predicted molar refractivity (Wildman–Crippen MR) is 121 cm³/mol. The topological polar surface area (TPSA) is 81.2 Å². The van der Waals surface area contributed by atoms with Crippen LogP contribution in [0.1, 0.15) is 37.8 Å². The fourth-order valence-electron chi connectivity index (χ4n) is 3.76. The van der Waals surface area contributed by atoms with Crippen LogP contribution in [0.25, 0.3) is 11.0 Å². The molecule has 32 heavy (non-hydrogen) atoms. The van der Waals surface area contributed by atoms with Gasteiger partial charge in [0.1, 0.15) is 28.7 Å². The summed E-state index contributed by atoms with van der Waals surface area (Å²) in [5.41, 5.74) is 1.66. The van der Waals surface area contributed by atoms with Crippen molar-refractivity contribution in [2.75, 3.05) is 25.0 Å². The number of halogens is 2. The van der Waals surface area contributed by atoms with E-state index < -0.39 is 11.9 Å². The molecular formula is C23H25ClFN5O2. The Hall–Kier alpha value is -2.71. The monoisotopic (exact) mass is 457 g/mol. The highest BCUT2D eigenvalue weighted by Crippen LogP contribution is 2.36. The Morgan fingerprint density at radius 2 is 2.09 bits per heavy atom. The van der Waals surface area contributed by atoms with E-state index in [0.29, 0.717) is 46.6 Å². The fourth-order valence-corrected chi connectivity index (χ4v) is 3.99. The number of hydrogen-bond acceptors (Lipinski definition) is 7. The predicted octanol–water partition coefficient (Wildman–Crippen LogP) is 4.52. The van der Waals surface area contributed by atoms with Gasteiger partial charge in [0, 0.05) is 18.2 Å². The average Bonchev–Trinajstić information content (AvgIpc) is 3.49. The van der Waals surface area contributed by atoms with Crippen LogP contribution < -0.4 is 20.1 Å². The molecular weight excluding hydrogens is 433 g/mol. The summed E-state index contributed by atoms with van der Waals surface area (Å²) in [7, 11) is 0. The van der Waals surface area contributed by atoms with Gasteiger partial charge in [0.25, 0.3) is 0 Å². The Kier molecular flexibility index (Phi) is 5.97. The second kappa shape index (κ2) is 9.03. The molecule has 2 atom stereocenters. The van der Waals surface area contributed by atoms with Gasteiger partial charge >= 0.3 is 0 Å². The Bertz CT molecular complexity index is 1120. The molecule has 1 unspecified atom stereocenters. The van der Waals surface area contributed by atoms with Crippen LogP contribution in [0.5, 0.6) is 11.6 Å². The molecule has 2 aliphatic rings. The van der Waals surface area contributed by atoms with Crippen molar-refractivity contribution < 1.29 is 13.9 Å². The highest BCUT2D eigenvalue weighted by atomic mass is 35.5. The zero-order valence-electron chi connectivity index (χ0n) is 17.8. The molecule has 7 nitrogen and oxygen atoms in total. The first-order chi connectivity index (χ1) is 15.6. The van der Waals surface area contributed by atoms with Crippen molar-refractivity contribution in [2.24, 2.45) is 5.92 Å². The Morgan fingerprint density at radius 1 is 1.22 bits per heavy atom. The molecule has 1 saturated heterocycles. The molecule has 9 heteroatoms. The zero-order valence-corrected chi connectivity index (χ0v) is 18.5. The van der Waals surface area contributed by atoms with Gasteiger partial charge in [-0.25, -0.2) is 19.3 Å². The van der Waals surface area contributed by atoms with Crippen molar-refractivity contribution in [3.8, 4) is 11.6 Å². The highest BCUT2D eigenvalue weighted by molar-refractivity contribution is 6.32. The van der Waals surface area contributed by atoms with E-state index in [0.717, 1.165) is 32.4 Å². The molecule has 2 fully saturated rings. The number of hydrogen-bond donors (Lipinski definition) is 2. The summed E-state index contributed by atoms with van der Waals surface area (Å²) in [6.07, 6.45) is 4.80. The van der Waals surface area contributed by atoms with E-state index in [1.165, 1.54) is 6.33 Å². The Labute approximate surface area is 190 Å². The first-order valence-corrected chi connectivity index (χ1v) is 11.3. The molecule has 0 amide bonds. The lowest BCUT2D eigenvalue weighted by molar-refractivity contribution is 0.215. The number of anilines is 1. The van der Waals surface area contributed by atoms with Crippen LogP contribution in [0, 0.1) is 11.7 Å². The van der Waals surface area contributed by atoms with Gasteiger partial charge in [0.15, 0.2) is 11.6 Å². The van der Waals surface area contributed by atoms with Gasteiger partial charge in [-0.2, -0.15) is 0 Å². The van der Waals surface area contributed by atoms with Crippen molar-refractivity contribution in [1.82, 2.24) is 20.3 Å². The lowest BCUT2D eigenvalue weighted by Crippen LogP contribution is -2.20. The van der Waals surface area contributed by atoms with E-state index in [-0.39, 0.29) is 11.1 Å². The van der Waals surface area contributed by atoms with Crippen molar-refractivity contribution in [2.45, 2.75) is 38.3 Å². The minimum absolute atomic E-state index is 0.00308. The van der Waals surface area contributed by atoms with Gasteiger partial charge in [0.05, 0.1) is 18.2 Å². The molecule has 1 aliphatic heterocycles. The van der Waals surface area contributed by atoms with E-state index in [1.807, 2.05) is 13.0 Å². The number of nitrogens with zero attached hydrogens (tertiary/aromatic N) is 3. The number of pyridine rings is 1. The quantitative estimate of drug-likeness (QED) is 0.514. The largest absolute Gasteiger partial charge is 0.492 e. The third kappa shape index (κ3) is 4.56. The SMILES string of the molecule is CC(Nc1ncnc2ccc(O[C@H]3CCNC3)nc12)c1ccc(OCC2CC2)c(Cl)c1F. The van der Waals surface area contributed by atoms with E-state index >= 15 is 4.39 Å². The van der Waals surface area contributed by atoms with E-state index in [9.17, 15) is 0 Å². The van der Waals surface area contributed by atoms with Gasteiger partial charge in [-0.3, -0.25) is 0 Å². The minimum atomic E-state index is -0.496. The summed E-state index contributed by atoms with van der Waals surface area (Å²) in [5.74, 6) is 1.46. The molecule has 3 heterocycles. The van der Waals surface area contributed by atoms with Gasteiger partial charge in [-0.05, 0) is 50.8 Å². The third-order valence-corrected chi connectivity index (χ3v) is 6.18. The summed E-state index contributed by atoms with van der Waals surface area (Å²) < 4.78 is 26.7. The van der Waals surface area contributed by atoms with Crippen LogP contribution in [0.4, 0.5) is 10.2 Å². The Balaban J connectivity index is 1.36. The number of benzene rings is 1. The summed E-state index contributed by atoms with van der Waals surface area (Å²) >= 11 is 6.26. The zero-order chi connectivity index (χ0) is 22.1. The van der Waals surface area contributed by atoms with Gasteiger partial charge in [0.2, 0.25) is 5.88 Å². The number of ether oxygens (including phenoxy) is 2. The highest BCUT2D eigenvalue weighted by Gasteiger charge is 2.24. The molecule has 0 radical (unpaired) electrons. The van der Waals surface area contributed by atoms with Gasteiger partial charge in [-0.1, -0.05) is 17.7 Å². The van der Waals surface area contributed by atoms with E-state index in [4.69, 9.17) is 21.1 Å². The molecule has 5 rings (SSSR count). The number of rotatable bonds is 8. The lowest BCUT2D eigenvalue weighted by Gasteiger charge is -2.18. The Morgan fingerprint density at radius 3 is 2.88 bits per heavy atom. The number of aromatic nitrogens is 3. The van der Waals surface area contributed by atoms with Gasteiger partial charge in [-0.15, -0.1) is 0 Å². The van der Waals surface area contributed by atoms with Crippen molar-refractivity contribution in [3.05, 3.63) is 47.0 Å². The van der Waals surface area contributed by atoms with E-state index in [2.05, 4.69) is 25.6 Å². The van der Waals surface area contributed by atoms with Crippen LogP contribution in [0.2, 0.25) is 5.02 Å².